The lowest BCUT2D eigenvalue weighted by Crippen LogP contribution is -2.32. The van der Waals surface area contributed by atoms with Crippen LogP contribution >= 0.6 is 0 Å². The second-order valence-corrected chi connectivity index (χ2v) is 5.48. The van der Waals surface area contributed by atoms with Gasteiger partial charge in [-0.1, -0.05) is 12.1 Å². The third-order valence-electron chi connectivity index (χ3n) is 3.66. The van der Waals surface area contributed by atoms with E-state index in [0.717, 1.165) is 24.5 Å². The molecule has 0 spiro atoms. The largest absolute Gasteiger partial charge is 0.389 e. The van der Waals surface area contributed by atoms with Crippen LogP contribution in [0.4, 0.5) is 0 Å². The zero-order valence-corrected chi connectivity index (χ0v) is 11.5. The summed E-state index contributed by atoms with van der Waals surface area (Å²) < 4.78 is 10.7. The molecule has 2 N–H and O–H groups in total. The van der Waals surface area contributed by atoms with Gasteiger partial charge in [0.15, 0.2) is 0 Å². The molecule has 1 aliphatic rings. The van der Waals surface area contributed by atoms with Crippen molar-refractivity contribution in [3.8, 4) is 0 Å². The van der Waals surface area contributed by atoms with Gasteiger partial charge in [-0.15, -0.1) is 0 Å². The van der Waals surface area contributed by atoms with Crippen LogP contribution in [0.3, 0.4) is 0 Å². The molecule has 0 saturated heterocycles. The average molecular weight is 268 g/mol. The molecule has 0 amide bonds. The highest BCUT2D eigenvalue weighted by molar-refractivity contribution is 4.91. The Labute approximate surface area is 114 Å². The molecule has 1 unspecified atom stereocenters. The number of aromatic nitrogens is 1. The Morgan fingerprint density at radius 2 is 2.26 bits per heavy atom. The van der Waals surface area contributed by atoms with Crippen LogP contribution in [0.2, 0.25) is 0 Å². The summed E-state index contributed by atoms with van der Waals surface area (Å²) in [6.45, 7) is 3.78. The van der Waals surface area contributed by atoms with Crippen molar-refractivity contribution < 1.29 is 14.4 Å². The van der Waals surface area contributed by atoms with Crippen molar-refractivity contribution >= 4 is 0 Å². The SMILES string of the molecule is CC1CCC(OCC(O)CNCc2ccno2)CC1. The zero-order chi connectivity index (χ0) is 13.5. The lowest BCUT2D eigenvalue weighted by Gasteiger charge is -2.27. The highest BCUT2D eigenvalue weighted by atomic mass is 16.5. The maximum absolute atomic E-state index is 9.83. The van der Waals surface area contributed by atoms with Gasteiger partial charge in [0.05, 0.1) is 31.6 Å². The summed E-state index contributed by atoms with van der Waals surface area (Å²) in [5.41, 5.74) is 0. The van der Waals surface area contributed by atoms with Crippen molar-refractivity contribution in [2.75, 3.05) is 13.2 Å². The molecule has 0 radical (unpaired) electrons. The summed E-state index contributed by atoms with van der Waals surface area (Å²) in [6, 6.07) is 1.80. The predicted molar refractivity (Wildman–Crippen MR) is 71.6 cm³/mol. The van der Waals surface area contributed by atoms with E-state index < -0.39 is 6.10 Å². The van der Waals surface area contributed by atoms with Gasteiger partial charge in [0.1, 0.15) is 5.76 Å². The number of aliphatic hydroxyl groups excluding tert-OH is 1. The van der Waals surface area contributed by atoms with Crippen LogP contribution < -0.4 is 5.32 Å². The number of hydrogen-bond donors (Lipinski definition) is 2. The number of ether oxygens (including phenoxy) is 1. The maximum Gasteiger partial charge on any atom is 0.150 e. The summed E-state index contributed by atoms with van der Waals surface area (Å²) >= 11 is 0. The molecule has 1 aliphatic carbocycles. The van der Waals surface area contributed by atoms with Gasteiger partial charge in [0, 0.05) is 12.6 Å². The van der Waals surface area contributed by atoms with E-state index in [4.69, 9.17) is 9.26 Å². The Balaban J connectivity index is 1.53. The number of aliphatic hydroxyl groups is 1. The molecule has 5 heteroatoms. The smallest absolute Gasteiger partial charge is 0.150 e. The Kier molecular flexibility index (Phi) is 5.82. The minimum Gasteiger partial charge on any atom is -0.389 e. The van der Waals surface area contributed by atoms with Gasteiger partial charge in [-0.2, -0.15) is 0 Å². The fraction of sp³-hybridized carbons (Fsp3) is 0.786. The van der Waals surface area contributed by atoms with E-state index in [1.165, 1.54) is 12.8 Å². The molecule has 2 rings (SSSR count). The first-order valence-corrected chi connectivity index (χ1v) is 7.14. The molecule has 108 valence electrons. The van der Waals surface area contributed by atoms with E-state index in [-0.39, 0.29) is 0 Å². The standard InChI is InChI=1S/C14H24N2O3/c1-11-2-4-13(5-3-11)18-10-12(17)8-15-9-14-6-7-16-19-14/h6-7,11-13,15,17H,2-5,8-10H2,1H3. The quantitative estimate of drug-likeness (QED) is 0.788. The van der Waals surface area contributed by atoms with Crippen LogP contribution in [0.1, 0.15) is 38.4 Å². The Hall–Kier alpha value is -0.910. The van der Waals surface area contributed by atoms with Gasteiger partial charge in [-0.25, -0.2) is 0 Å². The zero-order valence-electron chi connectivity index (χ0n) is 11.5. The van der Waals surface area contributed by atoms with Gasteiger partial charge in [-0.3, -0.25) is 0 Å². The fourth-order valence-corrected chi connectivity index (χ4v) is 2.40. The summed E-state index contributed by atoms with van der Waals surface area (Å²) in [7, 11) is 0. The van der Waals surface area contributed by atoms with Crippen molar-refractivity contribution in [3.63, 3.8) is 0 Å². The van der Waals surface area contributed by atoms with Crippen molar-refractivity contribution in [1.82, 2.24) is 10.5 Å². The topological polar surface area (TPSA) is 67.5 Å². The van der Waals surface area contributed by atoms with Gasteiger partial charge in [0.2, 0.25) is 0 Å². The molecule has 1 fully saturated rings. The molecule has 1 atom stereocenters. The van der Waals surface area contributed by atoms with Crippen LogP contribution in [0, 0.1) is 5.92 Å². The molecule has 0 aromatic carbocycles. The number of nitrogens with zero attached hydrogens (tertiary/aromatic N) is 1. The van der Waals surface area contributed by atoms with Crippen LogP contribution in [-0.2, 0) is 11.3 Å². The first-order valence-electron chi connectivity index (χ1n) is 7.14. The molecule has 1 saturated carbocycles. The molecule has 0 bridgehead atoms. The van der Waals surface area contributed by atoms with Crippen molar-refractivity contribution in [1.29, 1.82) is 0 Å². The summed E-state index contributed by atoms with van der Waals surface area (Å²) in [4.78, 5) is 0. The Bertz CT molecular complexity index is 334. The third-order valence-corrected chi connectivity index (χ3v) is 3.66. The third kappa shape index (κ3) is 5.30. The van der Waals surface area contributed by atoms with Gasteiger partial charge >= 0.3 is 0 Å². The minimum absolute atomic E-state index is 0.333. The second kappa shape index (κ2) is 7.62. The molecule has 5 nitrogen and oxygen atoms in total. The predicted octanol–water partition coefficient (Wildman–Crippen LogP) is 1.72. The van der Waals surface area contributed by atoms with Gasteiger partial charge in [-0.05, 0) is 31.6 Å². The number of nitrogens with one attached hydrogen (secondary N) is 1. The van der Waals surface area contributed by atoms with Crippen LogP contribution in [0.5, 0.6) is 0 Å². The van der Waals surface area contributed by atoms with E-state index in [1.807, 2.05) is 0 Å². The van der Waals surface area contributed by atoms with E-state index in [0.29, 0.717) is 25.8 Å². The maximum atomic E-state index is 9.83. The van der Waals surface area contributed by atoms with E-state index in [1.54, 1.807) is 12.3 Å². The molecule has 0 aliphatic heterocycles. The minimum atomic E-state index is -0.470. The van der Waals surface area contributed by atoms with Crippen molar-refractivity contribution in [2.45, 2.75) is 51.4 Å². The number of hydrogen-bond acceptors (Lipinski definition) is 5. The van der Waals surface area contributed by atoms with Crippen molar-refractivity contribution in [3.05, 3.63) is 18.0 Å². The van der Waals surface area contributed by atoms with E-state index in [2.05, 4.69) is 17.4 Å². The lowest BCUT2D eigenvalue weighted by atomic mass is 9.89. The van der Waals surface area contributed by atoms with Gasteiger partial charge in [0.25, 0.3) is 0 Å². The monoisotopic (exact) mass is 268 g/mol. The van der Waals surface area contributed by atoms with Crippen LogP contribution in [-0.4, -0.2) is 35.6 Å². The molecule has 19 heavy (non-hydrogen) atoms. The average Bonchev–Trinajstić information content (AvgIpc) is 2.91. The summed E-state index contributed by atoms with van der Waals surface area (Å²) in [5.74, 6) is 1.60. The fourth-order valence-electron chi connectivity index (χ4n) is 2.40. The van der Waals surface area contributed by atoms with Crippen LogP contribution in [0.15, 0.2) is 16.8 Å². The molecule has 1 aromatic heterocycles. The van der Waals surface area contributed by atoms with E-state index >= 15 is 0 Å². The summed E-state index contributed by atoms with van der Waals surface area (Å²) in [5, 5.41) is 16.6. The molecule has 1 heterocycles. The lowest BCUT2D eigenvalue weighted by molar-refractivity contribution is -0.0279. The van der Waals surface area contributed by atoms with E-state index in [9.17, 15) is 5.11 Å². The Morgan fingerprint density at radius 3 is 2.95 bits per heavy atom. The number of rotatable bonds is 7. The van der Waals surface area contributed by atoms with Gasteiger partial charge < -0.3 is 19.7 Å². The highest BCUT2D eigenvalue weighted by Crippen LogP contribution is 2.25. The first kappa shape index (κ1) is 14.5. The summed E-state index contributed by atoms with van der Waals surface area (Å²) in [6.07, 6.45) is 6.20. The highest BCUT2D eigenvalue weighted by Gasteiger charge is 2.19. The first-order chi connectivity index (χ1) is 9.24. The second-order valence-electron chi connectivity index (χ2n) is 5.48. The molecule has 1 aromatic rings. The molecular formula is C14H24N2O3. The van der Waals surface area contributed by atoms with Crippen LogP contribution in [0.25, 0.3) is 0 Å². The van der Waals surface area contributed by atoms with Crippen molar-refractivity contribution in [2.24, 2.45) is 5.92 Å². The Morgan fingerprint density at radius 1 is 1.47 bits per heavy atom. The normalized spacial score (nSPS) is 25.4. The molecular weight excluding hydrogens is 244 g/mol.